The van der Waals surface area contributed by atoms with Gasteiger partial charge in [-0.05, 0) is 84.4 Å². The van der Waals surface area contributed by atoms with Gasteiger partial charge in [0.25, 0.3) is 0 Å². The Kier molecular flexibility index (Phi) is 7.14. The molecule has 4 atom stereocenters. The molecule has 5 heteroatoms. The van der Waals surface area contributed by atoms with E-state index in [1.165, 1.54) is 37.7 Å². The number of nitrogens with two attached hydrogens (primary N) is 1. The monoisotopic (exact) mass is 428 g/mol. The third-order valence-corrected chi connectivity index (χ3v) is 8.16. The molecule has 4 rings (SSSR count). The first-order chi connectivity index (χ1) is 14.6. The Bertz CT molecular complexity index is 819. The highest BCUT2D eigenvalue weighted by atomic mass is 16.4. The van der Waals surface area contributed by atoms with Gasteiger partial charge in [-0.15, -0.1) is 0 Å². The minimum absolute atomic E-state index is 0.154. The number of aliphatic carboxylic acids is 1. The van der Waals surface area contributed by atoms with Crippen molar-refractivity contribution in [1.82, 2.24) is 5.32 Å². The molecule has 3 aliphatic rings. The Morgan fingerprint density at radius 3 is 2.52 bits per heavy atom. The molecule has 0 unspecified atom stereocenters. The molecule has 0 radical (unpaired) electrons. The van der Waals surface area contributed by atoms with Gasteiger partial charge in [0.1, 0.15) is 6.04 Å². The zero-order chi connectivity index (χ0) is 22.8. The van der Waals surface area contributed by atoms with E-state index < -0.39 is 12.0 Å². The first kappa shape index (κ1) is 23.8. The summed E-state index contributed by atoms with van der Waals surface area (Å²) < 4.78 is 0. The zero-order valence-corrected chi connectivity index (χ0v) is 19.7. The Balaban J connectivity index is 0.000000229. The smallest absolute Gasteiger partial charge is 0.326 e. The number of aryl methyl sites for hydroxylation is 1. The molecule has 1 amide bonds. The van der Waals surface area contributed by atoms with Gasteiger partial charge in [0.15, 0.2) is 0 Å². The van der Waals surface area contributed by atoms with E-state index in [0.29, 0.717) is 36.0 Å². The molecule has 0 bridgehead atoms. The number of carbonyl (C=O) groups excluding carboxylic acids is 1. The van der Waals surface area contributed by atoms with Crippen molar-refractivity contribution >= 4 is 11.9 Å². The first-order valence-corrected chi connectivity index (χ1v) is 12.0. The molecule has 0 aromatic heterocycles. The van der Waals surface area contributed by atoms with Gasteiger partial charge in [0.05, 0.1) is 0 Å². The highest BCUT2D eigenvalue weighted by Gasteiger charge is 2.50. The van der Waals surface area contributed by atoms with Crippen LogP contribution in [0.5, 0.6) is 0 Å². The normalized spacial score (nSPS) is 32.3. The molecule has 1 saturated heterocycles. The van der Waals surface area contributed by atoms with Crippen molar-refractivity contribution in [1.29, 1.82) is 0 Å². The first-order valence-electron chi connectivity index (χ1n) is 12.0. The zero-order valence-electron chi connectivity index (χ0n) is 19.7. The predicted octanol–water partition coefficient (Wildman–Crippen LogP) is 4.52. The summed E-state index contributed by atoms with van der Waals surface area (Å²) in [6.45, 7) is 10.4. The lowest BCUT2D eigenvalue weighted by Gasteiger charge is -2.55. The highest BCUT2D eigenvalue weighted by Crippen LogP contribution is 2.56. The van der Waals surface area contributed by atoms with Gasteiger partial charge in [0, 0.05) is 6.42 Å². The van der Waals surface area contributed by atoms with Gasteiger partial charge in [-0.25, -0.2) is 4.79 Å². The molecule has 1 aromatic rings. The minimum Gasteiger partial charge on any atom is -0.480 e. The van der Waals surface area contributed by atoms with Crippen molar-refractivity contribution in [2.75, 3.05) is 6.54 Å². The fourth-order valence-corrected chi connectivity index (χ4v) is 6.24. The van der Waals surface area contributed by atoms with Crippen LogP contribution in [0.15, 0.2) is 18.2 Å². The van der Waals surface area contributed by atoms with Crippen LogP contribution in [-0.4, -0.2) is 29.6 Å². The molecule has 1 heterocycles. The van der Waals surface area contributed by atoms with Crippen molar-refractivity contribution in [2.45, 2.75) is 96.4 Å². The van der Waals surface area contributed by atoms with Crippen LogP contribution in [0.4, 0.5) is 0 Å². The second kappa shape index (κ2) is 9.32. The van der Waals surface area contributed by atoms with E-state index in [1.54, 1.807) is 11.1 Å². The number of carboxylic acid groups (broad SMARTS) is 1. The van der Waals surface area contributed by atoms with Crippen molar-refractivity contribution < 1.29 is 14.7 Å². The maximum Gasteiger partial charge on any atom is 0.326 e. The van der Waals surface area contributed by atoms with Crippen molar-refractivity contribution in [3.63, 3.8) is 0 Å². The summed E-state index contributed by atoms with van der Waals surface area (Å²) in [6.07, 6.45) is 8.23. The number of hydrogen-bond acceptors (Lipinski definition) is 3. The molecule has 2 aliphatic carbocycles. The number of piperidine rings is 1. The van der Waals surface area contributed by atoms with Crippen molar-refractivity contribution in [3.05, 3.63) is 34.9 Å². The molecule has 1 aliphatic heterocycles. The molecule has 1 saturated carbocycles. The molecule has 4 N–H and O–H groups in total. The van der Waals surface area contributed by atoms with Crippen LogP contribution in [0.2, 0.25) is 0 Å². The summed E-state index contributed by atoms with van der Waals surface area (Å²) in [7, 11) is 0. The second-order valence-electron chi connectivity index (χ2n) is 10.6. The second-order valence-corrected chi connectivity index (χ2v) is 10.6. The van der Waals surface area contributed by atoms with Crippen LogP contribution in [0.3, 0.4) is 0 Å². The lowest BCUT2D eigenvalue weighted by molar-refractivity contribution is -0.143. The fourth-order valence-electron chi connectivity index (χ4n) is 6.24. The number of fused-ring (bicyclic) bond motifs is 3. The number of carbonyl (C=O) groups is 2. The third-order valence-electron chi connectivity index (χ3n) is 8.16. The molecular formula is C26H40N2O3. The van der Waals surface area contributed by atoms with E-state index >= 15 is 0 Å². The van der Waals surface area contributed by atoms with Crippen LogP contribution in [-0.2, 0) is 21.4 Å². The number of carboxylic acids is 1. The standard InChI is InChI=1S/C20H31N.C6H9NO3/c1-14(2)15-6-8-17-16(12-15)7-9-18-19(3,13-21)10-5-11-20(17,18)4;8-5-3-1-2-4(7-5)6(9)10/h6,8,12,14,18H,5,7,9-11,13,21H2,1-4H3;4H,1-3H2,(H,7,8)(H,9,10)/t18-,19+,20+;4-/m00/s1. The van der Waals surface area contributed by atoms with E-state index in [0.717, 1.165) is 12.5 Å². The van der Waals surface area contributed by atoms with Crippen LogP contribution in [0.25, 0.3) is 0 Å². The summed E-state index contributed by atoms with van der Waals surface area (Å²) >= 11 is 0. The average Bonchev–Trinajstić information content (AvgIpc) is 2.73. The fraction of sp³-hybridized carbons (Fsp3) is 0.692. The van der Waals surface area contributed by atoms with Crippen LogP contribution >= 0.6 is 0 Å². The Labute approximate surface area is 187 Å². The summed E-state index contributed by atoms with van der Waals surface area (Å²) in [5.41, 5.74) is 11.6. The van der Waals surface area contributed by atoms with E-state index in [9.17, 15) is 9.59 Å². The number of amides is 1. The Hall–Kier alpha value is -1.88. The van der Waals surface area contributed by atoms with Gasteiger partial charge in [-0.2, -0.15) is 0 Å². The van der Waals surface area contributed by atoms with E-state index in [4.69, 9.17) is 10.8 Å². The molecule has 2 fully saturated rings. The van der Waals surface area contributed by atoms with E-state index in [2.05, 4.69) is 51.2 Å². The SMILES string of the molecule is CC(C)c1ccc2c(c1)CC[C@H]1[C@@](C)(CN)CCC[C@]21C.O=C1CCC[C@@H](C(=O)O)N1. The lowest BCUT2D eigenvalue weighted by Crippen LogP contribution is -2.51. The average molecular weight is 429 g/mol. The topological polar surface area (TPSA) is 92.4 Å². The third kappa shape index (κ3) is 4.82. The molecule has 172 valence electrons. The van der Waals surface area contributed by atoms with Crippen molar-refractivity contribution in [3.8, 4) is 0 Å². The minimum atomic E-state index is -0.937. The van der Waals surface area contributed by atoms with E-state index in [1.807, 2.05) is 0 Å². The summed E-state index contributed by atoms with van der Waals surface area (Å²) in [6, 6.07) is 6.64. The molecule has 31 heavy (non-hydrogen) atoms. The molecular weight excluding hydrogens is 388 g/mol. The quantitative estimate of drug-likeness (QED) is 0.660. The van der Waals surface area contributed by atoms with Gasteiger partial charge >= 0.3 is 5.97 Å². The van der Waals surface area contributed by atoms with Crippen molar-refractivity contribution in [2.24, 2.45) is 17.1 Å². The number of hydrogen-bond donors (Lipinski definition) is 3. The van der Waals surface area contributed by atoms with Gasteiger partial charge < -0.3 is 16.2 Å². The highest BCUT2D eigenvalue weighted by molar-refractivity contribution is 5.84. The maximum atomic E-state index is 10.6. The molecule has 5 nitrogen and oxygen atoms in total. The van der Waals surface area contributed by atoms with Gasteiger partial charge in [-0.1, -0.05) is 52.3 Å². The van der Waals surface area contributed by atoms with Crippen LogP contribution in [0.1, 0.15) is 95.2 Å². The Morgan fingerprint density at radius 1 is 1.19 bits per heavy atom. The van der Waals surface area contributed by atoms with Crippen LogP contribution < -0.4 is 11.1 Å². The summed E-state index contributed by atoms with van der Waals surface area (Å²) in [5, 5.41) is 10.8. The van der Waals surface area contributed by atoms with Gasteiger partial charge in [-0.3, -0.25) is 4.79 Å². The van der Waals surface area contributed by atoms with E-state index in [-0.39, 0.29) is 5.91 Å². The summed E-state index contributed by atoms with van der Waals surface area (Å²) in [5.74, 6) is 0.286. The van der Waals surface area contributed by atoms with Crippen LogP contribution in [0, 0.1) is 11.3 Å². The van der Waals surface area contributed by atoms with Gasteiger partial charge in [0.2, 0.25) is 5.91 Å². The lowest BCUT2D eigenvalue weighted by atomic mass is 9.50. The maximum absolute atomic E-state index is 10.6. The molecule has 0 spiro atoms. The molecule has 1 aromatic carbocycles. The predicted molar refractivity (Wildman–Crippen MR) is 124 cm³/mol. The summed E-state index contributed by atoms with van der Waals surface area (Å²) in [4.78, 5) is 20.9. The Morgan fingerprint density at radius 2 is 1.94 bits per heavy atom. The number of nitrogens with one attached hydrogen (secondary N) is 1. The largest absolute Gasteiger partial charge is 0.480 e. The number of rotatable bonds is 3. The number of benzene rings is 1.